The Kier molecular flexibility index (Phi) is 7.87. The van der Waals surface area contributed by atoms with E-state index < -0.39 is 0 Å². The SMILES string of the molecule is CCCCCCCCCC(=O)Nc1cccc(F)c1. The van der Waals surface area contributed by atoms with E-state index in [4.69, 9.17) is 0 Å². The number of rotatable bonds is 9. The zero-order valence-electron chi connectivity index (χ0n) is 11.8. The van der Waals surface area contributed by atoms with Gasteiger partial charge in [-0.15, -0.1) is 0 Å². The number of halogens is 1. The first-order chi connectivity index (χ1) is 9.22. The molecule has 0 fully saturated rings. The molecule has 1 amide bonds. The lowest BCUT2D eigenvalue weighted by Crippen LogP contribution is -2.11. The third-order valence-corrected chi connectivity index (χ3v) is 3.12. The molecule has 2 nitrogen and oxygen atoms in total. The molecule has 0 bridgehead atoms. The first kappa shape index (κ1) is 15.7. The van der Waals surface area contributed by atoms with Crippen LogP contribution in [0.4, 0.5) is 10.1 Å². The Morgan fingerprint density at radius 3 is 2.47 bits per heavy atom. The largest absolute Gasteiger partial charge is 0.326 e. The Balaban J connectivity index is 2.08. The molecule has 106 valence electrons. The molecule has 19 heavy (non-hydrogen) atoms. The van der Waals surface area contributed by atoms with Crippen LogP contribution in [0.15, 0.2) is 24.3 Å². The maximum absolute atomic E-state index is 12.9. The summed E-state index contributed by atoms with van der Waals surface area (Å²) < 4.78 is 12.9. The van der Waals surface area contributed by atoms with Crippen molar-refractivity contribution in [3.63, 3.8) is 0 Å². The van der Waals surface area contributed by atoms with Crippen LogP contribution in [0.1, 0.15) is 58.3 Å². The number of amides is 1. The number of benzene rings is 1. The molecule has 0 unspecified atom stereocenters. The summed E-state index contributed by atoms with van der Waals surface area (Å²) in [4.78, 5) is 11.6. The van der Waals surface area contributed by atoms with Crippen LogP contribution in [0, 0.1) is 5.82 Å². The molecule has 3 heteroatoms. The van der Waals surface area contributed by atoms with Gasteiger partial charge >= 0.3 is 0 Å². The molecule has 1 aromatic carbocycles. The van der Waals surface area contributed by atoms with Gasteiger partial charge in [-0.1, -0.05) is 51.5 Å². The van der Waals surface area contributed by atoms with Gasteiger partial charge in [0.25, 0.3) is 0 Å². The molecule has 1 aromatic rings. The highest BCUT2D eigenvalue weighted by molar-refractivity contribution is 5.90. The van der Waals surface area contributed by atoms with Crippen molar-refractivity contribution in [2.45, 2.75) is 58.3 Å². The van der Waals surface area contributed by atoms with E-state index in [-0.39, 0.29) is 11.7 Å². The van der Waals surface area contributed by atoms with Crippen LogP contribution in [0.5, 0.6) is 0 Å². The second-order valence-electron chi connectivity index (χ2n) is 4.93. The summed E-state index contributed by atoms with van der Waals surface area (Å²) in [5.74, 6) is -0.354. The van der Waals surface area contributed by atoms with Crippen molar-refractivity contribution in [2.75, 3.05) is 5.32 Å². The summed E-state index contributed by atoms with van der Waals surface area (Å²) in [7, 11) is 0. The fraction of sp³-hybridized carbons (Fsp3) is 0.562. The summed E-state index contributed by atoms with van der Waals surface area (Å²) in [6.45, 7) is 2.21. The zero-order chi connectivity index (χ0) is 13.9. The van der Waals surface area contributed by atoms with Crippen LogP contribution in [0.2, 0.25) is 0 Å². The lowest BCUT2D eigenvalue weighted by molar-refractivity contribution is -0.116. The predicted molar refractivity (Wildman–Crippen MR) is 77.6 cm³/mol. The highest BCUT2D eigenvalue weighted by Crippen LogP contribution is 2.11. The second kappa shape index (κ2) is 9.54. The normalized spacial score (nSPS) is 10.4. The summed E-state index contributed by atoms with van der Waals surface area (Å²) in [6, 6.07) is 6.00. The van der Waals surface area contributed by atoms with Gasteiger partial charge in [-0.2, -0.15) is 0 Å². The Hall–Kier alpha value is -1.38. The fourth-order valence-electron chi connectivity index (χ4n) is 2.03. The van der Waals surface area contributed by atoms with Gasteiger partial charge in [0, 0.05) is 12.1 Å². The first-order valence-electron chi connectivity index (χ1n) is 7.28. The molecule has 0 saturated carbocycles. The van der Waals surface area contributed by atoms with Crippen molar-refractivity contribution in [3.05, 3.63) is 30.1 Å². The average molecular weight is 265 g/mol. The van der Waals surface area contributed by atoms with Crippen molar-refractivity contribution in [2.24, 2.45) is 0 Å². The van der Waals surface area contributed by atoms with E-state index in [1.165, 1.54) is 44.2 Å². The number of carbonyl (C=O) groups is 1. The highest BCUT2D eigenvalue weighted by Gasteiger charge is 2.02. The zero-order valence-corrected chi connectivity index (χ0v) is 11.8. The maximum atomic E-state index is 12.9. The molecule has 0 radical (unpaired) electrons. The van der Waals surface area contributed by atoms with E-state index in [2.05, 4.69) is 12.2 Å². The number of nitrogens with one attached hydrogen (secondary N) is 1. The Labute approximate surface area is 115 Å². The molecule has 0 aliphatic carbocycles. The average Bonchev–Trinajstić information content (AvgIpc) is 2.37. The number of unbranched alkanes of at least 4 members (excludes halogenated alkanes) is 6. The van der Waals surface area contributed by atoms with Crippen LogP contribution in [0.3, 0.4) is 0 Å². The van der Waals surface area contributed by atoms with E-state index in [9.17, 15) is 9.18 Å². The minimum Gasteiger partial charge on any atom is -0.326 e. The second-order valence-corrected chi connectivity index (χ2v) is 4.93. The van der Waals surface area contributed by atoms with Crippen LogP contribution in [0.25, 0.3) is 0 Å². The van der Waals surface area contributed by atoms with Crippen molar-refractivity contribution >= 4 is 11.6 Å². The minimum absolute atomic E-state index is 0.0286. The van der Waals surface area contributed by atoms with Gasteiger partial charge in [0.2, 0.25) is 5.91 Å². The third-order valence-electron chi connectivity index (χ3n) is 3.12. The topological polar surface area (TPSA) is 29.1 Å². The van der Waals surface area contributed by atoms with Gasteiger partial charge in [-0.05, 0) is 24.6 Å². The van der Waals surface area contributed by atoms with Crippen LogP contribution < -0.4 is 5.32 Å². The van der Waals surface area contributed by atoms with Crippen LogP contribution in [-0.2, 0) is 4.79 Å². The summed E-state index contributed by atoms with van der Waals surface area (Å²) in [5.41, 5.74) is 0.535. The minimum atomic E-state index is -0.325. The summed E-state index contributed by atoms with van der Waals surface area (Å²) >= 11 is 0. The maximum Gasteiger partial charge on any atom is 0.224 e. The molecule has 0 aliphatic rings. The highest BCUT2D eigenvalue weighted by atomic mass is 19.1. The van der Waals surface area contributed by atoms with Gasteiger partial charge in [0.05, 0.1) is 0 Å². The summed E-state index contributed by atoms with van der Waals surface area (Å²) in [5, 5.41) is 2.72. The quantitative estimate of drug-likeness (QED) is 0.632. The van der Waals surface area contributed by atoms with Crippen molar-refractivity contribution in [3.8, 4) is 0 Å². The fourth-order valence-corrected chi connectivity index (χ4v) is 2.03. The van der Waals surface area contributed by atoms with E-state index in [0.717, 1.165) is 12.8 Å². The lowest BCUT2D eigenvalue weighted by Gasteiger charge is -2.05. The molecule has 1 N–H and O–H groups in total. The molecule has 0 aromatic heterocycles. The predicted octanol–water partition coefficient (Wildman–Crippen LogP) is 4.90. The van der Waals surface area contributed by atoms with E-state index in [0.29, 0.717) is 12.1 Å². The van der Waals surface area contributed by atoms with Gasteiger partial charge in [0.1, 0.15) is 5.82 Å². The van der Waals surface area contributed by atoms with Crippen molar-refractivity contribution in [1.82, 2.24) is 0 Å². The monoisotopic (exact) mass is 265 g/mol. The molecule has 0 saturated heterocycles. The Morgan fingerprint density at radius 1 is 1.11 bits per heavy atom. The van der Waals surface area contributed by atoms with Crippen LogP contribution in [-0.4, -0.2) is 5.91 Å². The van der Waals surface area contributed by atoms with Gasteiger partial charge in [-0.25, -0.2) is 4.39 Å². The van der Waals surface area contributed by atoms with E-state index in [1.807, 2.05) is 0 Å². The third kappa shape index (κ3) is 7.60. The number of hydrogen-bond donors (Lipinski definition) is 1. The molecule has 0 heterocycles. The lowest BCUT2D eigenvalue weighted by atomic mass is 10.1. The van der Waals surface area contributed by atoms with Crippen molar-refractivity contribution < 1.29 is 9.18 Å². The summed E-state index contributed by atoms with van der Waals surface area (Å²) in [6.07, 6.45) is 8.85. The first-order valence-corrected chi connectivity index (χ1v) is 7.28. The molecule has 0 atom stereocenters. The Morgan fingerprint density at radius 2 is 1.79 bits per heavy atom. The molecular weight excluding hydrogens is 241 g/mol. The van der Waals surface area contributed by atoms with Gasteiger partial charge in [0.15, 0.2) is 0 Å². The number of carbonyl (C=O) groups excluding carboxylic acids is 1. The standard InChI is InChI=1S/C16H24FNO/c1-2-3-4-5-6-7-8-12-16(19)18-15-11-9-10-14(17)13-15/h9-11,13H,2-8,12H2,1H3,(H,18,19). The van der Waals surface area contributed by atoms with Crippen molar-refractivity contribution in [1.29, 1.82) is 0 Å². The van der Waals surface area contributed by atoms with Gasteiger partial charge < -0.3 is 5.32 Å². The molecule has 1 rings (SSSR count). The van der Waals surface area contributed by atoms with Crippen LogP contribution >= 0.6 is 0 Å². The number of anilines is 1. The Bertz CT molecular complexity index is 379. The smallest absolute Gasteiger partial charge is 0.224 e. The molecular formula is C16H24FNO. The van der Waals surface area contributed by atoms with E-state index in [1.54, 1.807) is 12.1 Å². The molecule has 0 aliphatic heterocycles. The molecule has 0 spiro atoms. The van der Waals surface area contributed by atoms with E-state index >= 15 is 0 Å². The number of hydrogen-bond acceptors (Lipinski definition) is 1. The van der Waals surface area contributed by atoms with Gasteiger partial charge in [-0.3, -0.25) is 4.79 Å².